The third-order valence-corrected chi connectivity index (χ3v) is 5.03. The van der Waals surface area contributed by atoms with Gasteiger partial charge in [-0.1, -0.05) is 59.6 Å². The van der Waals surface area contributed by atoms with E-state index < -0.39 is 11.8 Å². The summed E-state index contributed by atoms with van der Waals surface area (Å²) >= 11 is 6.07. The van der Waals surface area contributed by atoms with Gasteiger partial charge in [-0.25, -0.2) is 0 Å². The maximum atomic E-state index is 12.4. The van der Waals surface area contributed by atoms with Crippen molar-refractivity contribution in [3.8, 4) is 0 Å². The highest BCUT2D eigenvalue weighted by molar-refractivity contribution is 6.35. The van der Waals surface area contributed by atoms with Crippen LogP contribution in [0.2, 0.25) is 5.02 Å². The molecule has 7 heteroatoms. The summed E-state index contributed by atoms with van der Waals surface area (Å²) < 4.78 is 0. The maximum Gasteiger partial charge on any atom is 0.312 e. The molecule has 0 unspecified atom stereocenters. The van der Waals surface area contributed by atoms with Gasteiger partial charge in [0.2, 0.25) is 5.91 Å². The second-order valence-corrected chi connectivity index (χ2v) is 7.21. The molecule has 1 saturated heterocycles. The number of benzene rings is 2. The Hall–Kier alpha value is -2.86. The van der Waals surface area contributed by atoms with Crippen LogP contribution in [0.1, 0.15) is 16.7 Å². The van der Waals surface area contributed by atoms with Crippen LogP contribution in [0, 0.1) is 6.92 Å². The minimum atomic E-state index is -0.647. The number of nitrogens with one attached hydrogen (secondary N) is 1. The summed E-state index contributed by atoms with van der Waals surface area (Å²) in [7, 11) is 0. The molecule has 0 bridgehead atoms. The van der Waals surface area contributed by atoms with Crippen LogP contribution < -0.4 is 5.32 Å². The van der Waals surface area contributed by atoms with Gasteiger partial charge >= 0.3 is 11.8 Å². The Balaban J connectivity index is 1.52. The highest BCUT2D eigenvalue weighted by Crippen LogP contribution is 2.15. The van der Waals surface area contributed by atoms with Crippen molar-refractivity contribution in [3.63, 3.8) is 0 Å². The van der Waals surface area contributed by atoms with Gasteiger partial charge < -0.3 is 15.1 Å². The summed E-state index contributed by atoms with van der Waals surface area (Å²) in [6.07, 6.45) is 0. The van der Waals surface area contributed by atoms with E-state index in [0.29, 0.717) is 24.7 Å². The quantitative estimate of drug-likeness (QED) is 0.756. The number of amides is 3. The molecule has 0 atom stereocenters. The van der Waals surface area contributed by atoms with Gasteiger partial charge in [-0.3, -0.25) is 14.4 Å². The number of carbonyl (C=O) groups excluding carboxylic acids is 3. The predicted octanol–water partition coefficient (Wildman–Crippen LogP) is 2.14. The standard InChI is InChI=1S/C21H22ClN3O3/c1-15-6-8-16(9-7-15)13-24-10-11-25(21(28)20(24)27)14-19(26)23-12-17-4-2-3-5-18(17)22/h2-9H,10-14H2,1H3,(H,23,26). The molecular formula is C21H22ClN3O3. The fraction of sp³-hybridized carbons (Fsp3) is 0.286. The molecule has 6 nitrogen and oxygen atoms in total. The normalized spacial score (nSPS) is 14.4. The number of hydrogen-bond donors (Lipinski definition) is 1. The Bertz CT molecular complexity index is 883. The van der Waals surface area contributed by atoms with Gasteiger partial charge in [0.25, 0.3) is 0 Å². The fourth-order valence-electron chi connectivity index (χ4n) is 3.00. The van der Waals surface area contributed by atoms with Gasteiger partial charge in [0.05, 0.1) is 0 Å². The van der Waals surface area contributed by atoms with Crippen molar-refractivity contribution in [3.05, 3.63) is 70.2 Å². The molecule has 0 aromatic heterocycles. The van der Waals surface area contributed by atoms with Crippen molar-refractivity contribution < 1.29 is 14.4 Å². The molecule has 0 spiro atoms. The first-order valence-corrected chi connectivity index (χ1v) is 9.45. The molecule has 0 saturated carbocycles. The molecule has 1 fully saturated rings. The number of piperazine rings is 1. The highest BCUT2D eigenvalue weighted by Gasteiger charge is 2.33. The van der Waals surface area contributed by atoms with Gasteiger partial charge in [0, 0.05) is 31.2 Å². The van der Waals surface area contributed by atoms with E-state index in [1.165, 1.54) is 9.80 Å². The molecule has 1 aliphatic rings. The Morgan fingerprint density at radius 1 is 1.00 bits per heavy atom. The van der Waals surface area contributed by atoms with E-state index >= 15 is 0 Å². The van der Waals surface area contributed by atoms with Crippen molar-refractivity contribution in [2.75, 3.05) is 19.6 Å². The van der Waals surface area contributed by atoms with Gasteiger partial charge in [-0.15, -0.1) is 0 Å². The van der Waals surface area contributed by atoms with Crippen molar-refractivity contribution in [2.45, 2.75) is 20.0 Å². The zero-order chi connectivity index (χ0) is 20.1. The summed E-state index contributed by atoms with van der Waals surface area (Å²) in [5, 5.41) is 3.30. The van der Waals surface area contributed by atoms with Crippen molar-refractivity contribution >= 4 is 29.3 Å². The van der Waals surface area contributed by atoms with E-state index in [1.54, 1.807) is 6.07 Å². The number of aryl methyl sites for hydroxylation is 1. The summed E-state index contributed by atoms with van der Waals surface area (Å²) in [5.74, 6) is -1.55. The number of halogens is 1. The highest BCUT2D eigenvalue weighted by atomic mass is 35.5. The number of carbonyl (C=O) groups is 3. The van der Waals surface area contributed by atoms with Crippen LogP contribution in [0.5, 0.6) is 0 Å². The molecule has 1 N–H and O–H groups in total. The lowest BCUT2D eigenvalue weighted by Crippen LogP contribution is -2.55. The zero-order valence-corrected chi connectivity index (χ0v) is 16.4. The van der Waals surface area contributed by atoms with Gasteiger partial charge in [0.15, 0.2) is 0 Å². The van der Waals surface area contributed by atoms with Crippen LogP contribution in [0.25, 0.3) is 0 Å². The molecule has 2 aromatic carbocycles. The third-order valence-electron chi connectivity index (χ3n) is 4.66. The van der Waals surface area contributed by atoms with Gasteiger partial charge in [-0.05, 0) is 24.1 Å². The molecule has 0 aliphatic carbocycles. The average Bonchev–Trinajstić information content (AvgIpc) is 2.69. The van der Waals surface area contributed by atoms with E-state index in [9.17, 15) is 14.4 Å². The molecule has 146 valence electrons. The molecule has 0 radical (unpaired) electrons. The second-order valence-electron chi connectivity index (χ2n) is 6.81. The minimum absolute atomic E-state index is 0.145. The van der Waals surface area contributed by atoms with E-state index in [-0.39, 0.29) is 19.0 Å². The van der Waals surface area contributed by atoms with Crippen LogP contribution in [-0.2, 0) is 27.5 Å². The van der Waals surface area contributed by atoms with Gasteiger partial charge in [-0.2, -0.15) is 0 Å². The van der Waals surface area contributed by atoms with Crippen LogP contribution in [-0.4, -0.2) is 47.2 Å². The number of rotatable bonds is 6. The number of nitrogens with zero attached hydrogens (tertiary/aromatic N) is 2. The molecule has 3 rings (SSSR count). The predicted molar refractivity (Wildman–Crippen MR) is 106 cm³/mol. The third kappa shape index (κ3) is 4.89. The first-order valence-electron chi connectivity index (χ1n) is 9.08. The van der Waals surface area contributed by atoms with E-state index in [4.69, 9.17) is 11.6 Å². The molecular weight excluding hydrogens is 378 g/mol. The second kappa shape index (κ2) is 8.89. The molecule has 3 amide bonds. The molecule has 1 aliphatic heterocycles. The lowest BCUT2D eigenvalue weighted by Gasteiger charge is -2.33. The molecule has 1 heterocycles. The van der Waals surface area contributed by atoms with Crippen LogP contribution in [0.3, 0.4) is 0 Å². The monoisotopic (exact) mass is 399 g/mol. The molecule has 28 heavy (non-hydrogen) atoms. The van der Waals surface area contributed by atoms with E-state index in [2.05, 4.69) is 5.32 Å². The first kappa shape index (κ1) is 19.9. The smallest absolute Gasteiger partial charge is 0.312 e. The Labute approximate surface area is 169 Å². The SMILES string of the molecule is Cc1ccc(CN2CCN(CC(=O)NCc3ccccc3Cl)C(=O)C2=O)cc1. The summed E-state index contributed by atoms with van der Waals surface area (Å²) in [5.41, 5.74) is 2.90. The fourth-order valence-corrected chi connectivity index (χ4v) is 3.20. The van der Waals surface area contributed by atoms with Gasteiger partial charge in [0.1, 0.15) is 6.54 Å². The lowest BCUT2D eigenvalue weighted by molar-refractivity contribution is -0.157. The average molecular weight is 400 g/mol. The lowest BCUT2D eigenvalue weighted by atomic mass is 10.1. The first-order chi connectivity index (χ1) is 13.4. The van der Waals surface area contributed by atoms with Crippen LogP contribution in [0.15, 0.2) is 48.5 Å². The Kier molecular flexibility index (Phi) is 6.31. The van der Waals surface area contributed by atoms with Crippen LogP contribution in [0.4, 0.5) is 0 Å². The Morgan fingerprint density at radius 2 is 1.64 bits per heavy atom. The summed E-state index contributed by atoms with van der Waals surface area (Å²) in [4.78, 5) is 39.8. The van der Waals surface area contributed by atoms with E-state index in [1.807, 2.05) is 49.4 Å². The largest absolute Gasteiger partial charge is 0.350 e. The zero-order valence-electron chi connectivity index (χ0n) is 15.7. The van der Waals surface area contributed by atoms with E-state index in [0.717, 1.165) is 16.7 Å². The minimum Gasteiger partial charge on any atom is -0.350 e. The Morgan fingerprint density at radius 3 is 2.36 bits per heavy atom. The van der Waals surface area contributed by atoms with Crippen molar-refractivity contribution in [2.24, 2.45) is 0 Å². The number of hydrogen-bond acceptors (Lipinski definition) is 3. The summed E-state index contributed by atoms with van der Waals surface area (Å²) in [6.45, 7) is 3.24. The molecule has 2 aromatic rings. The topological polar surface area (TPSA) is 69.7 Å². The van der Waals surface area contributed by atoms with Crippen LogP contribution >= 0.6 is 11.6 Å². The van der Waals surface area contributed by atoms with Crippen molar-refractivity contribution in [1.82, 2.24) is 15.1 Å². The van der Waals surface area contributed by atoms with Crippen molar-refractivity contribution in [1.29, 1.82) is 0 Å². The maximum absolute atomic E-state index is 12.4. The summed E-state index contributed by atoms with van der Waals surface area (Å²) in [6, 6.07) is 15.1.